The Morgan fingerprint density at radius 2 is 2.06 bits per heavy atom. The van der Waals surface area contributed by atoms with Crippen molar-refractivity contribution < 1.29 is 14.3 Å². The first-order valence-corrected chi connectivity index (χ1v) is 5.54. The Bertz CT molecular complexity index is 377. The van der Waals surface area contributed by atoms with Crippen molar-refractivity contribution in [3.63, 3.8) is 0 Å². The van der Waals surface area contributed by atoms with Gasteiger partial charge in [-0.2, -0.15) is 0 Å². The minimum absolute atomic E-state index is 0.0662. The number of nitrogens with one attached hydrogen (secondary N) is 1. The number of hydrogen-bond donors (Lipinski definition) is 1. The molecule has 0 aromatic heterocycles. The summed E-state index contributed by atoms with van der Waals surface area (Å²) in [6.45, 7) is 3.53. The van der Waals surface area contributed by atoms with Crippen LogP contribution < -0.4 is 5.32 Å². The Labute approximate surface area is 102 Å². The Kier molecular flexibility index (Phi) is 5.66. The predicted octanol–water partition coefficient (Wildman–Crippen LogP) is 1.52. The molecule has 1 aromatic carbocycles. The number of ether oxygens (including phenoxy) is 2. The van der Waals surface area contributed by atoms with Crippen LogP contribution in [0.3, 0.4) is 0 Å². The van der Waals surface area contributed by atoms with Gasteiger partial charge in [0.25, 0.3) is 5.91 Å². The molecule has 0 bridgehead atoms. The van der Waals surface area contributed by atoms with Gasteiger partial charge in [0.15, 0.2) is 0 Å². The first-order chi connectivity index (χ1) is 8.19. The van der Waals surface area contributed by atoms with Crippen molar-refractivity contribution in [3.8, 4) is 0 Å². The first-order valence-electron chi connectivity index (χ1n) is 5.54. The molecular formula is C13H19NO3. The van der Waals surface area contributed by atoms with Gasteiger partial charge < -0.3 is 14.8 Å². The van der Waals surface area contributed by atoms with Gasteiger partial charge in [0.2, 0.25) is 0 Å². The Balaban J connectivity index is 2.67. The molecule has 1 rings (SSSR count). The standard InChI is InChI=1S/C13H19NO3/c1-10-8-11(9-17-3)4-5-12(10)13(15)14-6-7-16-2/h4-5,8H,6-7,9H2,1-3H3,(H,14,15). The van der Waals surface area contributed by atoms with Crippen LogP contribution in [0.2, 0.25) is 0 Å². The molecule has 0 aliphatic carbocycles. The highest BCUT2D eigenvalue weighted by molar-refractivity contribution is 5.95. The van der Waals surface area contributed by atoms with E-state index in [-0.39, 0.29) is 5.91 Å². The van der Waals surface area contributed by atoms with Gasteiger partial charge in [0.05, 0.1) is 13.2 Å². The van der Waals surface area contributed by atoms with E-state index in [1.54, 1.807) is 14.2 Å². The maximum Gasteiger partial charge on any atom is 0.251 e. The maximum absolute atomic E-state index is 11.8. The summed E-state index contributed by atoms with van der Waals surface area (Å²) >= 11 is 0. The lowest BCUT2D eigenvalue weighted by Gasteiger charge is -2.09. The fourth-order valence-corrected chi connectivity index (χ4v) is 1.60. The lowest BCUT2D eigenvalue weighted by atomic mass is 10.0. The molecule has 0 saturated heterocycles. The minimum atomic E-state index is -0.0662. The van der Waals surface area contributed by atoms with Crippen LogP contribution in [-0.4, -0.2) is 33.3 Å². The van der Waals surface area contributed by atoms with Crippen LogP contribution in [0.5, 0.6) is 0 Å². The minimum Gasteiger partial charge on any atom is -0.383 e. The fourth-order valence-electron chi connectivity index (χ4n) is 1.60. The molecule has 0 saturated carbocycles. The van der Waals surface area contributed by atoms with Gasteiger partial charge >= 0.3 is 0 Å². The normalized spacial score (nSPS) is 10.3. The third-order valence-electron chi connectivity index (χ3n) is 2.44. The van der Waals surface area contributed by atoms with Crippen LogP contribution in [-0.2, 0) is 16.1 Å². The smallest absolute Gasteiger partial charge is 0.251 e. The van der Waals surface area contributed by atoms with Crippen molar-refractivity contribution in [2.75, 3.05) is 27.4 Å². The largest absolute Gasteiger partial charge is 0.383 e. The molecule has 1 amide bonds. The van der Waals surface area contributed by atoms with Gasteiger partial charge in [0.1, 0.15) is 0 Å². The van der Waals surface area contributed by atoms with Crippen molar-refractivity contribution in [3.05, 3.63) is 34.9 Å². The van der Waals surface area contributed by atoms with Gasteiger partial charge in [-0.3, -0.25) is 4.79 Å². The van der Waals surface area contributed by atoms with Gasteiger partial charge in [-0.05, 0) is 24.1 Å². The highest BCUT2D eigenvalue weighted by Crippen LogP contribution is 2.11. The van der Waals surface area contributed by atoms with E-state index < -0.39 is 0 Å². The molecule has 0 atom stereocenters. The predicted molar refractivity (Wildman–Crippen MR) is 66.1 cm³/mol. The third kappa shape index (κ3) is 4.17. The topological polar surface area (TPSA) is 47.6 Å². The average molecular weight is 237 g/mol. The molecule has 0 aliphatic rings. The van der Waals surface area contributed by atoms with Gasteiger partial charge in [-0.1, -0.05) is 12.1 Å². The zero-order chi connectivity index (χ0) is 12.7. The van der Waals surface area contributed by atoms with E-state index in [4.69, 9.17) is 9.47 Å². The van der Waals surface area contributed by atoms with E-state index in [0.717, 1.165) is 11.1 Å². The van der Waals surface area contributed by atoms with Crippen LogP contribution in [0.1, 0.15) is 21.5 Å². The molecular weight excluding hydrogens is 218 g/mol. The highest BCUT2D eigenvalue weighted by Gasteiger charge is 2.08. The van der Waals surface area contributed by atoms with Gasteiger partial charge in [-0.25, -0.2) is 0 Å². The van der Waals surface area contributed by atoms with E-state index in [1.165, 1.54) is 0 Å². The molecule has 0 unspecified atom stereocenters. The summed E-state index contributed by atoms with van der Waals surface area (Å²) in [5.74, 6) is -0.0662. The number of methoxy groups -OCH3 is 2. The Morgan fingerprint density at radius 1 is 1.29 bits per heavy atom. The van der Waals surface area contributed by atoms with Crippen LogP contribution >= 0.6 is 0 Å². The monoisotopic (exact) mass is 237 g/mol. The Morgan fingerprint density at radius 3 is 2.65 bits per heavy atom. The number of carbonyl (C=O) groups is 1. The summed E-state index contributed by atoms with van der Waals surface area (Å²) in [4.78, 5) is 11.8. The second-order valence-electron chi connectivity index (χ2n) is 3.83. The Hall–Kier alpha value is -1.39. The molecule has 0 aliphatic heterocycles. The zero-order valence-corrected chi connectivity index (χ0v) is 10.6. The molecule has 1 N–H and O–H groups in total. The van der Waals surface area contributed by atoms with E-state index >= 15 is 0 Å². The molecule has 0 spiro atoms. The lowest BCUT2D eigenvalue weighted by molar-refractivity contribution is 0.0936. The number of benzene rings is 1. The van der Waals surface area contributed by atoms with Crippen LogP contribution in [0.15, 0.2) is 18.2 Å². The average Bonchev–Trinajstić information content (AvgIpc) is 2.29. The fraction of sp³-hybridized carbons (Fsp3) is 0.462. The van der Waals surface area contributed by atoms with Crippen LogP contribution in [0, 0.1) is 6.92 Å². The van der Waals surface area contributed by atoms with E-state index in [2.05, 4.69) is 5.32 Å². The van der Waals surface area contributed by atoms with Gasteiger partial charge in [-0.15, -0.1) is 0 Å². The molecule has 0 fully saturated rings. The van der Waals surface area contributed by atoms with Crippen LogP contribution in [0.25, 0.3) is 0 Å². The maximum atomic E-state index is 11.8. The van der Waals surface area contributed by atoms with Crippen molar-refractivity contribution in [1.82, 2.24) is 5.32 Å². The summed E-state index contributed by atoms with van der Waals surface area (Å²) in [5.41, 5.74) is 2.72. The number of amides is 1. The molecule has 4 nitrogen and oxygen atoms in total. The molecule has 17 heavy (non-hydrogen) atoms. The van der Waals surface area contributed by atoms with Crippen molar-refractivity contribution >= 4 is 5.91 Å². The first kappa shape index (κ1) is 13.7. The molecule has 1 aromatic rings. The molecule has 4 heteroatoms. The van der Waals surface area contributed by atoms with Crippen molar-refractivity contribution in [1.29, 1.82) is 0 Å². The molecule has 0 heterocycles. The SMILES string of the molecule is COCCNC(=O)c1ccc(COC)cc1C. The summed E-state index contributed by atoms with van der Waals surface area (Å²) < 4.78 is 9.92. The van der Waals surface area contributed by atoms with E-state index in [9.17, 15) is 4.79 Å². The third-order valence-corrected chi connectivity index (χ3v) is 2.44. The van der Waals surface area contributed by atoms with Crippen molar-refractivity contribution in [2.45, 2.75) is 13.5 Å². The second-order valence-corrected chi connectivity index (χ2v) is 3.83. The number of aryl methyl sites for hydroxylation is 1. The summed E-state index contributed by atoms with van der Waals surface area (Å²) in [7, 11) is 3.26. The second kappa shape index (κ2) is 7.04. The van der Waals surface area contributed by atoms with Crippen molar-refractivity contribution in [2.24, 2.45) is 0 Å². The summed E-state index contributed by atoms with van der Waals surface area (Å²) in [6, 6.07) is 5.70. The van der Waals surface area contributed by atoms with Gasteiger partial charge in [0, 0.05) is 26.3 Å². The summed E-state index contributed by atoms with van der Waals surface area (Å²) in [6.07, 6.45) is 0. The number of carbonyl (C=O) groups excluding carboxylic acids is 1. The lowest BCUT2D eigenvalue weighted by Crippen LogP contribution is -2.27. The van der Waals surface area contributed by atoms with E-state index in [1.807, 2.05) is 25.1 Å². The summed E-state index contributed by atoms with van der Waals surface area (Å²) in [5, 5.41) is 2.80. The highest BCUT2D eigenvalue weighted by atomic mass is 16.5. The molecule has 0 radical (unpaired) electrons. The zero-order valence-electron chi connectivity index (χ0n) is 10.6. The van der Waals surface area contributed by atoms with E-state index in [0.29, 0.717) is 25.3 Å². The molecule has 94 valence electrons. The number of hydrogen-bond acceptors (Lipinski definition) is 3. The van der Waals surface area contributed by atoms with Crippen LogP contribution in [0.4, 0.5) is 0 Å². The quantitative estimate of drug-likeness (QED) is 0.763. The number of rotatable bonds is 6.